The number of thiol groups is 1. The van der Waals surface area contributed by atoms with Crippen molar-refractivity contribution >= 4 is 64.0 Å². The average Bonchev–Trinajstić information content (AvgIpc) is 1.90. The quantitative estimate of drug-likeness (QED) is 0.473. The Bertz CT molecular complexity index is 150. The van der Waals surface area contributed by atoms with Gasteiger partial charge in [0, 0.05) is 57.1 Å². The van der Waals surface area contributed by atoms with Crippen LogP contribution in [0, 0.1) is 0 Å². The topological polar surface area (TPSA) is 0 Å². The van der Waals surface area contributed by atoms with Gasteiger partial charge < -0.3 is 0 Å². The van der Waals surface area contributed by atoms with Gasteiger partial charge in [-0.05, 0) is 5.56 Å². The summed E-state index contributed by atoms with van der Waals surface area (Å²) >= 11 is 4.11. The third kappa shape index (κ3) is 3.81. The Morgan fingerprint density at radius 1 is 1.11 bits per heavy atom. The van der Waals surface area contributed by atoms with Crippen molar-refractivity contribution in [3.05, 3.63) is 35.9 Å². The predicted octanol–water partition coefficient (Wildman–Crippen LogP) is 1.74. The largest absolute Gasteiger partial charge is 0.175 e. The van der Waals surface area contributed by atoms with Crippen LogP contribution in [0.1, 0.15) is 5.56 Å². The number of hydrogen-bond acceptors (Lipinski definition) is 1. The molecule has 0 nitrogen and oxygen atoms in total. The van der Waals surface area contributed by atoms with Gasteiger partial charge in [-0.15, -0.1) is 0 Å². The van der Waals surface area contributed by atoms with Crippen LogP contribution < -0.4 is 0 Å². The molecule has 43 valence electrons. The molecule has 1 radical (unpaired) electrons. The smallest absolute Gasteiger partial charge is 0.0154 e. The van der Waals surface area contributed by atoms with Crippen LogP contribution in [0.3, 0.4) is 0 Å². The zero-order chi connectivity index (χ0) is 5.82. The second-order valence-corrected chi connectivity index (χ2v) is 1.96. The standard InChI is InChI=1S/C7H8S.K/c8-6-7-4-2-1-3-5-7;/h1-5,8H,6H2;. The van der Waals surface area contributed by atoms with Gasteiger partial charge in [0.1, 0.15) is 0 Å². The normalized spacial score (nSPS) is 8.11. The summed E-state index contributed by atoms with van der Waals surface area (Å²) in [5.74, 6) is 0.834. The Balaban J connectivity index is 0.000000640. The maximum absolute atomic E-state index is 4.11. The Morgan fingerprint density at radius 2 is 1.67 bits per heavy atom. The Labute approximate surface area is 104 Å². The van der Waals surface area contributed by atoms with Crippen molar-refractivity contribution in [1.82, 2.24) is 0 Å². The number of rotatable bonds is 1. The van der Waals surface area contributed by atoms with Gasteiger partial charge in [-0.2, -0.15) is 12.6 Å². The van der Waals surface area contributed by atoms with Crippen molar-refractivity contribution < 1.29 is 0 Å². The zero-order valence-corrected chi connectivity index (χ0v) is 9.56. The number of hydrogen-bond donors (Lipinski definition) is 1. The summed E-state index contributed by atoms with van der Waals surface area (Å²) in [6.45, 7) is 0. The molecule has 2 heteroatoms. The van der Waals surface area contributed by atoms with E-state index in [0.717, 1.165) is 5.75 Å². The van der Waals surface area contributed by atoms with E-state index in [-0.39, 0.29) is 51.4 Å². The third-order valence-electron chi connectivity index (χ3n) is 1.03. The molecule has 0 saturated heterocycles. The first-order valence-corrected chi connectivity index (χ1v) is 3.21. The summed E-state index contributed by atoms with van der Waals surface area (Å²) in [6.07, 6.45) is 0. The van der Waals surface area contributed by atoms with E-state index in [4.69, 9.17) is 0 Å². The van der Waals surface area contributed by atoms with E-state index in [2.05, 4.69) is 24.8 Å². The minimum atomic E-state index is 0. The molecule has 0 aliphatic carbocycles. The molecule has 0 saturated carbocycles. The maximum Gasteiger partial charge on any atom is 0.0154 e. The Hall–Kier alpha value is 1.21. The van der Waals surface area contributed by atoms with Crippen LogP contribution >= 0.6 is 12.6 Å². The van der Waals surface area contributed by atoms with E-state index in [9.17, 15) is 0 Å². The predicted molar refractivity (Wildman–Crippen MR) is 44.9 cm³/mol. The van der Waals surface area contributed by atoms with Crippen molar-refractivity contribution in [2.24, 2.45) is 0 Å². The molecular weight excluding hydrogens is 155 g/mol. The summed E-state index contributed by atoms with van der Waals surface area (Å²) in [5, 5.41) is 0. The van der Waals surface area contributed by atoms with Gasteiger partial charge >= 0.3 is 0 Å². The molecule has 0 N–H and O–H groups in total. The SMILES string of the molecule is SCc1ccccc1.[K]. The summed E-state index contributed by atoms with van der Waals surface area (Å²) in [7, 11) is 0. The Morgan fingerprint density at radius 3 is 2.00 bits per heavy atom. The van der Waals surface area contributed by atoms with Crippen molar-refractivity contribution in [2.75, 3.05) is 0 Å². The van der Waals surface area contributed by atoms with Gasteiger partial charge in [0.25, 0.3) is 0 Å². The fourth-order valence-electron chi connectivity index (χ4n) is 0.583. The molecule has 0 spiro atoms. The van der Waals surface area contributed by atoms with Crippen LogP contribution in [0.25, 0.3) is 0 Å². The second kappa shape index (κ2) is 5.95. The van der Waals surface area contributed by atoms with Gasteiger partial charge in [-0.25, -0.2) is 0 Å². The van der Waals surface area contributed by atoms with Crippen LogP contribution in [0.5, 0.6) is 0 Å². The molecule has 0 atom stereocenters. The molecule has 0 unspecified atom stereocenters. The van der Waals surface area contributed by atoms with Gasteiger partial charge in [0.15, 0.2) is 0 Å². The van der Waals surface area contributed by atoms with E-state index < -0.39 is 0 Å². The summed E-state index contributed by atoms with van der Waals surface area (Å²) in [4.78, 5) is 0. The second-order valence-electron chi connectivity index (χ2n) is 1.64. The number of benzene rings is 1. The summed E-state index contributed by atoms with van der Waals surface area (Å²) < 4.78 is 0. The summed E-state index contributed by atoms with van der Waals surface area (Å²) in [6, 6.07) is 10.2. The Kier molecular flexibility index (Phi) is 6.75. The van der Waals surface area contributed by atoms with Crippen LogP contribution in [-0.4, -0.2) is 51.4 Å². The molecular formula is C7H8KS. The molecule has 0 aliphatic heterocycles. The van der Waals surface area contributed by atoms with Crippen molar-refractivity contribution in [3.8, 4) is 0 Å². The summed E-state index contributed by atoms with van der Waals surface area (Å²) in [5.41, 5.74) is 1.27. The zero-order valence-electron chi connectivity index (χ0n) is 5.54. The molecule has 9 heavy (non-hydrogen) atoms. The molecule has 0 aliphatic rings. The minimum Gasteiger partial charge on any atom is -0.175 e. The van der Waals surface area contributed by atoms with Crippen LogP contribution in [0.4, 0.5) is 0 Å². The van der Waals surface area contributed by atoms with Gasteiger partial charge in [-0.3, -0.25) is 0 Å². The molecule has 1 aromatic carbocycles. The first kappa shape index (κ1) is 10.2. The van der Waals surface area contributed by atoms with Gasteiger partial charge in [0.2, 0.25) is 0 Å². The van der Waals surface area contributed by atoms with E-state index >= 15 is 0 Å². The van der Waals surface area contributed by atoms with E-state index in [0.29, 0.717) is 0 Å². The van der Waals surface area contributed by atoms with Crippen LogP contribution in [0.15, 0.2) is 30.3 Å². The van der Waals surface area contributed by atoms with E-state index in [1.54, 1.807) is 0 Å². The molecule has 0 aromatic heterocycles. The molecule has 0 fully saturated rings. The monoisotopic (exact) mass is 163 g/mol. The fraction of sp³-hybridized carbons (Fsp3) is 0.143. The van der Waals surface area contributed by atoms with E-state index in [1.165, 1.54) is 5.56 Å². The van der Waals surface area contributed by atoms with Crippen LogP contribution in [0.2, 0.25) is 0 Å². The molecule has 0 amide bonds. The maximum atomic E-state index is 4.11. The van der Waals surface area contributed by atoms with Crippen molar-refractivity contribution in [3.63, 3.8) is 0 Å². The minimum absolute atomic E-state index is 0. The molecule has 1 rings (SSSR count). The van der Waals surface area contributed by atoms with Crippen LogP contribution in [-0.2, 0) is 5.75 Å². The third-order valence-corrected chi connectivity index (χ3v) is 1.39. The molecule has 1 aromatic rings. The van der Waals surface area contributed by atoms with Crippen molar-refractivity contribution in [2.45, 2.75) is 5.75 Å². The average molecular weight is 163 g/mol. The van der Waals surface area contributed by atoms with Gasteiger partial charge in [0.05, 0.1) is 0 Å². The molecule has 0 heterocycles. The van der Waals surface area contributed by atoms with E-state index in [1.807, 2.05) is 18.2 Å². The fourth-order valence-corrected chi connectivity index (χ4v) is 0.794. The first-order valence-electron chi connectivity index (χ1n) is 2.58. The van der Waals surface area contributed by atoms with Crippen molar-refractivity contribution in [1.29, 1.82) is 0 Å². The van der Waals surface area contributed by atoms with Gasteiger partial charge in [-0.1, -0.05) is 30.3 Å². The molecule has 0 bridgehead atoms. The first-order chi connectivity index (χ1) is 3.93.